The van der Waals surface area contributed by atoms with Crippen LogP contribution in [0, 0.1) is 0 Å². The number of carbonyl (C=O) groups is 1. The molecule has 3 atom stereocenters. The quantitative estimate of drug-likeness (QED) is 0.860. The van der Waals surface area contributed by atoms with Gasteiger partial charge in [-0.15, -0.1) is 0 Å². The van der Waals surface area contributed by atoms with E-state index in [0.717, 1.165) is 25.7 Å². The van der Waals surface area contributed by atoms with E-state index in [1.807, 2.05) is 36.4 Å². The molecule has 4 heteroatoms. The molecule has 0 aromatic heterocycles. The van der Waals surface area contributed by atoms with Gasteiger partial charge in [0.25, 0.3) is 0 Å². The Labute approximate surface area is 154 Å². The monoisotopic (exact) mass is 351 g/mol. The second kappa shape index (κ2) is 6.86. The number of hydrogen-bond donors (Lipinski definition) is 1. The second-order valence-corrected chi connectivity index (χ2v) is 7.43. The molecule has 0 aliphatic carbocycles. The van der Waals surface area contributed by atoms with Gasteiger partial charge in [-0.1, -0.05) is 60.7 Å². The predicted molar refractivity (Wildman–Crippen MR) is 99.6 cm³/mol. The zero-order chi connectivity index (χ0) is 18.1. The highest BCUT2D eigenvalue weighted by Gasteiger charge is 2.47. The van der Waals surface area contributed by atoms with E-state index in [0.29, 0.717) is 17.2 Å². The molecular weight excluding hydrogens is 326 g/mol. The molecule has 26 heavy (non-hydrogen) atoms. The van der Waals surface area contributed by atoms with E-state index in [9.17, 15) is 9.90 Å². The maximum absolute atomic E-state index is 13.2. The third-order valence-electron chi connectivity index (χ3n) is 6.05. The summed E-state index contributed by atoms with van der Waals surface area (Å²) in [6, 6.07) is 19.0. The Morgan fingerprint density at radius 3 is 2.08 bits per heavy atom. The fourth-order valence-electron chi connectivity index (χ4n) is 4.51. The summed E-state index contributed by atoms with van der Waals surface area (Å²) < 4.78 is 5.94. The number of rotatable bonds is 4. The molecule has 2 bridgehead atoms. The van der Waals surface area contributed by atoms with E-state index in [4.69, 9.17) is 4.74 Å². The summed E-state index contributed by atoms with van der Waals surface area (Å²) in [6.07, 6.45) is 3.96. The zero-order valence-corrected chi connectivity index (χ0v) is 15.0. The summed E-state index contributed by atoms with van der Waals surface area (Å²) in [5, 5.41) is 11.5. The second-order valence-electron chi connectivity index (χ2n) is 7.43. The number of hydrogen-bond acceptors (Lipinski definition) is 4. The minimum absolute atomic E-state index is 0.162. The van der Waals surface area contributed by atoms with Gasteiger partial charge in [0.05, 0.1) is 0 Å². The van der Waals surface area contributed by atoms with Gasteiger partial charge in [-0.25, -0.2) is 4.79 Å². The van der Waals surface area contributed by atoms with E-state index < -0.39 is 11.6 Å². The molecule has 0 radical (unpaired) electrons. The molecule has 136 valence electrons. The standard InChI is InChI=1S/C22H25NO3/c1-23-18-12-14-19(23)20(15-13-18)26-21(24)22(25,16-8-4-2-5-9-16)17-10-6-3-7-11-17/h2-11,18-20,25H,12-15H2,1H3/t18?,19?,20-/m1/s1. The lowest BCUT2D eigenvalue weighted by atomic mass is 9.86. The largest absolute Gasteiger partial charge is 0.458 e. The zero-order valence-electron chi connectivity index (χ0n) is 15.0. The van der Waals surface area contributed by atoms with Crippen LogP contribution in [0.3, 0.4) is 0 Å². The number of nitrogens with zero attached hydrogens (tertiary/aromatic N) is 1. The van der Waals surface area contributed by atoms with Crippen LogP contribution in [0.25, 0.3) is 0 Å². The average Bonchev–Trinajstić information content (AvgIpc) is 2.92. The minimum Gasteiger partial charge on any atom is -0.458 e. The predicted octanol–water partition coefficient (Wildman–Crippen LogP) is 3.09. The van der Waals surface area contributed by atoms with Crippen LogP contribution in [0.5, 0.6) is 0 Å². The van der Waals surface area contributed by atoms with Crippen molar-refractivity contribution in [3.63, 3.8) is 0 Å². The highest BCUT2D eigenvalue weighted by Crippen LogP contribution is 2.38. The summed E-state index contributed by atoms with van der Waals surface area (Å²) in [5.41, 5.74) is -0.731. The van der Waals surface area contributed by atoms with Crippen LogP contribution < -0.4 is 0 Å². The van der Waals surface area contributed by atoms with Crippen molar-refractivity contribution in [2.24, 2.45) is 0 Å². The van der Waals surface area contributed by atoms with E-state index in [2.05, 4.69) is 11.9 Å². The van der Waals surface area contributed by atoms with Crippen molar-refractivity contribution < 1.29 is 14.6 Å². The normalized spacial score (nSPS) is 25.8. The van der Waals surface area contributed by atoms with Crippen molar-refractivity contribution in [3.8, 4) is 0 Å². The molecule has 4 nitrogen and oxygen atoms in total. The number of fused-ring (bicyclic) bond motifs is 2. The topological polar surface area (TPSA) is 49.8 Å². The molecule has 2 saturated heterocycles. The summed E-state index contributed by atoms with van der Waals surface area (Å²) >= 11 is 0. The van der Waals surface area contributed by atoms with Crippen LogP contribution in [-0.4, -0.2) is 41.2 Å². The number of benzene rings is 2. The molecule has 4 rings (SSSR count). The number of ether oxygens (including phenoxy) is 1. The highest BCUT2D eigenvalue weighted by atomic mass is 16.6. The van der Waals surface area contributed by atoms with Crippen molar-refractivity contribution in [1.82, 2.24) is 4.90 Å². The van der Waals surface area contributed by atoms with Gasteiger partial charge in [0.2, 0.25) is 5.60 Å². The van der Waals surface area contributed by atoms with Gasteiger partial charge in [-0.05, 0) is 43.9 Å². The lowest BCUT2D eigenvalue weighted by molar-refractivity contribution is -0.173. The Bertz CT molecular complexity index is 722. The third kappa shape index (κ3) is 2.83. The molecule has 2 heterocycles. The first kappa shape index (κ1) is 17.3. The Morgan fingerprint density at radius 1 is 0.962 bits per heavy atom. The van der Waals surface area contributed by atoms with Gasteiger partial charge in [0.15, 0.2) is 0 Å². The van der Waals surface area contributed by atoms with Crippen LogP contribution in [0.15, 0.2) is 60.7 Å². The van der Waals surface area contributed by atoms with E-state index in [-0.39, 0.29) is 12.1 Å². The Kier molecular flexibility index (Phi) is 4.55. The fourth-order valence-corrected chi connectivity index (χ4v) is 4.51. The summed E-state index contributed by atoms with van der Waals surface area (Å²) in [4.78, 5) is 15.6. The molecule has 0 amide bonds. The van der Waals surface area contributed by atoms with Gasteiger partial charge in [0.1, 0.15) is 6.10 Å². The maximum Gasteiger partial charge on any atom is 0.348 e. The maximum atomic E-state index is 13.2. The first-order chi connectivity index (χ1) is 12.6. The molecule has 1 N–H and O–H groups in total. The Balaban J connectivity index is 1.65. The molecule has 0 spiro atoms. The van der Waals surface area contributed by atoms with Crippen LogP contribution in [0.4, 0.5) is 0 Å². The van der Waals surface area contributed by atoms with Crippen LogP contribution >= 0.6 is 0 Å². The van der Waals surface area contributed by atoms with Crippen LogP contribution in [-0.2, 0) is 15.1 Å². The number of piperidine rings is 1. The fraction of sp³-hybridized carbons (Fsp3) is 0.409. The molecule has 2 aliphatic heterocycles. The van der Waals surface area contributed by atoms with Gasteiger partial charge < -0.3 is 9.84 Å². The lowest BCUT2D eigenvalue weighted by Crippen LogP contribution is -2.49. The highest BCUT2D eigenvalue weighted by molar-refractivity contribution is 5.85. The van der Waals surface area contributed by atoms with Crippen molar-refractivity contribution in [2.75, 3.05) is 7.05 Å². The molecule has 2 aromatic rings. The van der Waals surface area contributed by atoms with Gasteiger partial charge in [-0.3, -0.25) is 4.90 Å². The van der Waals surface area contributed by atoms with E-state index in [1.165, 1.54) is 0 Å². The number of carbonyl (C=O) groups excluding carboxylic acids is 1. The number of likely N-dealkylation sites (N-methyl/N-ethyl adjacent to an activating group) is 1. The Morgan fingerprint density at radius 2 is 1.50 bits per heavy atom. The SMILES string of the molecule is CN1C2CCC1[C@H](OC(=O)C(O)(c1ccccc1)c1ccccc1)CC2. The first-order valence-electron chi connectivity index (χ1n) is 9.37. The molecular formula is C22H25NO3. The van der Waals surface area contributed by atoms with Crippen molar-refractivity contribution in [1.29, 1.82) is 0 Å². The Hall–Kier alpha value is -2.17. The average molecular weight is 351 g/mol. The molecule has 2 unspecified atom stereocenters. The molecule has 2 aromatic carbocycles. The van der Waals surface area contributed by atoms with E-state index >= 15 is 0 Å². The summed E-state index contributed by atoms with van der Waals surface area (Å²) in [6.45, 7) is 0. The third-order valence-corrected chi connectivity index (χ3v) is 6.05. The van der Waals surface area contributed by atoms with Gasteiger partial charge >= 0.3 is 5.97 Å². The van der Waals surface area contributed by atoms with Crippen molar-refractivity contribution >= 4 is 5.97 Å². The van der Waals surface area contributed by atoms with Gasteiger partial charge in [-0.2, -0.15) is 0 Å². The molecule has 0 saturated carbocycles. The number of esters is 1. The summed E-state index contributed by atoms with van der Waals surface area (Å²) in [5.74, 6) is -0.585. The van der Waals surface area contributed by atoms with Crippen molar-refractivity contribution in [2.45, 2.75) is 49.5 Å². The van der Waals surface area contributed by atoms with Gasteiger partial charge in [0, 0.05) is 12.1 Å². The number of aliphatic hydroxyl groups is 1. The minimum atomic E-state index is -1.80. The first-order valence-corrected chi connectivity index (χ1v) is 9.37. The van der Waals surface area contributed by atoms with Crippen LogP contribution in [0.2, 0.25) is 0 Å². The molecule has 2 aliphatic rings. The van der Waals surface area contributed by atoms with E-state index in [1.54, 1.807) is 24.3 Å². The molecule has 2 fully saturated rings. The smallest absolute Gasteiger partial charge is 0.348 e. The van der Waals surface area contributed by atoms with Crippen molar-refractivity contribution in [3.05, 3.63) is 71.8 Å². The van der Waals surface area contributed by atoms with Crippen LogP contribution in [0.1, 0.15) is 36.8 Å². The summed E-state index contributed by atoms with van der Waals surface area (Å²) in [7, 11) is 2.11. The lowest BCUT2D eigenvalue weighted by Gasteiger charge is -2.38.